The summed E-state index contributed by atoms with van der Waals surface area (Å²) in [7, 11) is 0. The largest absolute Gasteiger partial charge is 0.384 e. The second kappa shape index (κ2) is 4.16. The van der Waals surface area contributed by atoms with Crippen molar-refractivity contribution in [2.24, 2.45) is 0 Å². The van der Waals surface area contributed by atoms with E-state index < -0.39 is 6.10 Å². The van der Waals surface area contributed by atoms with Crippen LogP contribution in [0, 0.1) is 0 Å². The van der Waals surface area contributed by atoms with E-state index in [0.717, 1.165) is 16.3 Å². The number of benzene rings is 2. The highest BCUT2D eigenvalue weighted by atomic mass is 16.3. The van der Waals surface area contributed by atoms with Crippen molar-refractivity contribution in [2.45, 2.75) is 6.10 Å². The molecule has 0 saturated heterocycles. The Labute approximate surface area is 104 Å². The average molecular weight is 239 g/mol. The topological polar surface area (TPSA) is 74.9 Å². The predicted molar refractivity (Wildman–Crippen MR) is 71.0 cm³/mol. The van der Waals surface area contributed by atoms with Gasteiger partial charge in [-0.2, -0.15) is 5.10 Å². The standard InChI is InChI=1S/C14H13N3O/c15-14-12(8-16-17-14)13(18)11-6-5-9-3-1-2-4-10(9)7-11/h1-8,13,18H,(H3,15,16,17). The molecule has 2 aromatic carbocycles. The normalized spacial score (nSPS) is 12.7. The number of anilines is 1. The van der Waals surface area contributed by atoms with E-state index in [2.05, 4.69) is 10.2 Å². The monoisotopic (exact) mass is 239 g/mol. The Morgan fingerprint density at radius 2 is 1.89 bits per heavy atom. The molecule has 4 nitrogen and oxygen atoms in total. The Morgan fingerprint density at radius 3 is 2.61 bits per heavy atom. The van der Waals surface area contributed by atoms with Crippen LogP contribution >= 0.6 is 0 Å². The van der Waals surface area contributed by atoms with Crippen molar-refractivity contribution in [3.63, 3.8) is 0 Å². The number of fused-ring (bicyclic) bond motifs is 1. The van der Waals surface area contributed by atoms with Crippen LogP contribution < -0.4 is 5.73 Å². The lowest BCUT2D eigenvalue weighted by Crippen LogP contribution is -2.01. The van der Waals surface area contributed by atoms with Crippen molar-refractivity contribution in [3.8, 4) is 0 Å². The Bertz CT molecular complexity index is 690. The van der Waals surface area contributed by atoms with E-state index >= 15 is 0 Å². The molecular weight excluding hydrogens is 226 g/mol. The van der Waals surface area contributed by atoms with Gasteiger partial charge in [-0.3, -0.25) is 5.10 Å². The summed E-state index contributed by atoms with van der Waals surface area (Å²) >= 11 is 0. The fourth-order valence-corrected chi connectivity index (χ4v) is 2.08. The lowest BCUT2D eigenvalue weighted by atomic mass is 10.00. The Hall–Kier alpha value is -2.33. The molecule has 90 valence electrons. The number of hydrogen-bond donors (Lipinski definition) is 3. The van der Waals surface area contributed by atoms with Gasteiger partial charge >= 0.3 is 0 Å². The summed E-state index contributed by atoms with van der Waals surface area (Å²) in [5, 5.41) is 19.0. The third-order valence-corrected chi connectivity index (χ3v) is 3.08. The summed E-state index contributed by atoms with van der Waals surface area (Å²) in [4.78, 5) is 0. The van der Waals surface area contributed by atoms with E-state index in [-0.39, 0.29) is 0 Å². The molecule has 1 atom stereocenters. The molecule has 4 N–H and O–H groups in total. The van der Waals surface area contributed by atoms with Gasteiger partial charge in [-0.25, -0.2) is 0 Å². The fourth-order valence-electron chi connectivity index (χ4n) is 2.08. The third-order valence-electron chi connectivity index (χ3n) is 3.08. The summed E-state index contributed by atoms with van der Waals surface area (Å²) < 4.78 is 0. The van der Waals surface area contributed by atoms with Crippen LogP contribution in [-0.4, -0.2) is 15.3 Å². The first-order chi connectivity index (χ1) is 8.75. The number of nitrogens with two attached hydrogens (primary N) is 1. The molecule has 0 bridgehead atoms. The van der Waals surface area contributed by atoms with Crippen molar-refractivity contribution in [3.05, 3.63) is 59.8 Å². The molecule has 1 heterocycles. The fraction of sp³-hybridized carbons (Fsp3) is 0.0714. The van der Waals surface area contributed by atoms with E-state index in [4.69, 9.17) is 5.73 Å². The molecule has 18 heavy (non-hydrogen) atoms. The molecule has 0 amide bonds. The molecular formula is C14H13N3O. The lowest BCUT2D eigenvalue weighted by Gasteiger charge is -2.11. The maximum absolute atomic E-state index is 10.3. The molecule has 0 spiro atoms. The quantitative estimate of drug-likeness (QED) is 0.642. The van der Waals surface area contributed by atoms with Crippen LogP contribution in [0.25, 0.3) is 10.8 Å². The number of nitrogens with zero attached hydrogens (tertiary/aromatic N) is 1. The van der Waals surface area contributed by atoms with Crippen molar-refractivity contribution in [1.29, 1.82) is 0 Å². The average Bonchev–Trinajstić information content (AvgIpc) is 2.83. The number of hydrogen-bond acceptors (Lipinski definition) is 3. The van der Waals surface area contributed by atoms with Gasteiger partial charge in [0, 0.05) is 5.56 Å². The number of rotatable bonds is 2. The second-order valence-corrected chi connectivity index (χ2v) is 4.25. The zero-order chi connectivity index (χ0) is 12.5. The highest BCUT2D eigenvalue weighted by Crippen LogP contribution is 2.27. The summed E-state index contributed by atoms with van der Waals surface area (Å²) in [5.74, 6) is 0.399. The minimum absolute atomic E-state index is 0.399. The first-order valence-electron chi connectivity index (χ1n) is 5.71. The number of aromatic amines is 1. The van der Waals surface area contributed by atoms with Gasteiger partial charge < -0.3 is 10.8 Å². The zero-order valence-electron chi connectivity index (χ0n) is 9.67. The van der Waals surface area contributed by atoms with Gasteiger partial charge in [0.25, 0.3) is 0 Å². The van der Waals surface area contributed by atoms with Gasteiger partial charge in [0.1, 0.15) is 11.9 Å². The molecule has 1 aromatic heterocycles. The van der Waals surface area contributed by atoms with Crippen molar-refractivity contribution >= 4 is 16.6 Å². The molecule has 0 aliphatic rings. The third kappa shape index (κ3) is 1.72. The smallest absolute Gasteiger partial charge is 0.125 e. The van der Waals surface area contributed by atoms with Crippen LogP contribution in [0.2, 0.25) is 0 Å². The van der Waals surface area contributed by atoms with Crippen LogP contribution in [0.1, 0.15) is 17.2 Å². The Kier molecular flexibility index (Phi) is 2.50. The van der Waals surface area contributed by atoms with Gasteiger partial charge in [-0.15, -0.1) is 0 Å². The molecule has 0 aliphatic carbocycles. The number of nitrogens with one attached hydrogen (secondary N) is 1. The number of H-pyrrole nitrogens is 1. The second-order valence-electron chi connectivity index (χ2n) is 4.25. The molecule has 1 unspecified atom stereocenters. The van der Waals surface area contributed by atoms with Crippen LogP contribution in [0.15, 0.2) is 48.7 Å². The summed E-state index contributed by atoms with van der Waals surface area (Å²) in [6.45, 7) is 0. The molecule has 0 fully saturated rings. The summed E-state index contributed by atoms with van der Waals surface area (Å²) in [5.41, 5.74) is 7.12. The van der Waals surface area contributed by atoms with Crippen molar-refractivity contribution in [2.75, 3.05) is 5.73 Å². The summed E-state index contributed by atoms with van der Waals surface area (Å²) in [6.07, 6.45) is 0.795. The first-order valence-corrected chi connectivity index (χ1v) is 5.71. The van der Waals surface area contributed by atoms with Gasteiger partial charge in [0.05, 0.1) is 6.20 Å². The van der Waals surface area contributed by atoms with Crippen molar-refractivity contribution in [1.82, 2.24) is 10.2 Å². The number of nitrogen functional groups attached to an aromatic ring is 1. The van der Waals surface area contributed by atoms with Gasteiger partial charge in [-0.05, 0) is 22.4 Å². The molecule has 0 radical (unpaired) electrons. The van der Waals surface area contributed by atoms with Crippen LogP contribution in [0.4, 0.5) is 5.82 Å². The molecule has 3 rings (SSSR count). The highest BCUT2D eigenvalue weighted by Gasteiger charge is 2.15. The van der Waals surface area contributed by atoms with E-state index in [9.17, 15) is 5.11 Å². The minimum atomic E-state index is -0.756. The lowest BCUT2D eigenvalue weighted by molar-refractivity contribution is 0.221. The van der Waals surface area contributed by atoms with E-state index in [1.807, 2.05) is 42.5 Å². The number of aliphatic hydroxyl groups is 1. The van der Waals surface area contributed by atoms with Crippen LogP contribution in [0.5, 0.6) is 0 Å². The van der Waals surface area contributed by atoms with Gasteiger partial charge in [0.15, 0.2) is 0 Å². The molecule has 0 aliphatic heterocycles. The van der Waals surface area contributed by atoms with E-state index in [1.54, 1.807) is 6.20 Å². The van der Waals surface area contributed by atoms with Gasteiger partial charge in [-0.1, -0.05) is 36.4 Å². The van der Waals surface area contributed by atoms with Gasteiger partial charge in [0.2, 0.25) is 0 Å². The number of aliphatic hydroxyl groups excluding tert-OH is 1. The molecule has 0 saturated carbocycles. The first kappa shape index (κ1) is 10.8. The van der Waals surface area contributed by atoms with E-state index in [0.29, 0.717) is 11.4 Å². The molecule has 4 heteroatoms. The Balaban J connectivity index is 2.07. The SMILES string of the molecule is Nc1[nH]ncc1C(O)c1ccc2ccccc2c1. The maximum atomic E-state index is 10.3. The zero-order valence-corrected chi connectivity index (χ0v) is 9.67. The summed E-state index contributed by atoms with van der Waals surface area (Å²) in [6, 6.07) is 13.9. The van der Waals surface area contributed by atoms with Crippen molar-refractivity contribution < 1.29 is 5.11 Å². The van der Waals surface area contributed by atoms with E-state index in [1.165, 1.54) is 0 Å². The highest BCUT2D eigenvalue weighted by molar-refractivity contribution is 5.83. The number of aromatic nitrogens is 2. The predicted octanol–water partition coefficient (Wildman–Crippen LogP) is 2.23. The van der Waals surface area contributed by atoms with Crippen LogP contribution in [0.3, 0.4) is 0 Å². The molecule has 3 aromatic rings. The Morgan fingerprint density at radius 1 is 1.11 bits per heavy atom. The van der Waals surface area contributed by atoms with Crippen LogP contribution in [-0.2, 0) is 0 Å². The minimum Gasteiger partial charge on any atom is -0.384 e. The maximum Gasteiger partial charge on any atom is 0.125 e.